The number of para-hydroxylation sites is 1. The Morgan fingerprint density at radius 1 is 1.14 bits per heavy atom. The number of carboxylic acid groups (broad SMARTS) is 1. The summed E-state index contributed by atoms with van der Waals surface area (Å²) < 4.78 is 0. The van der Waals surface area contributed by atoms with Gasteiger partial charge >= 0.3 is 5.97 Å². The Morgan fingerprint density at radius 2 is 1.91 bits per heavy atom. The zero-order valence-corrected chi connectivity index (χ0v) is 11.3. The van der Waals surface area contributed by atoms with Gasteiger partial charge in [0.25, 0.3) is 0 Å². The number of carbonyl (C=O) groups is 1. The van der Waals surface area contributed by atoms with Crippen LogP contribution in [0, 0.1) is 11.3 Å². The Kier molecular flexibility index (Phi) is 3.20. The number of nitrogens with zero attached hydrogens (tertiary/aromatic N) is 2. The second-order valence-electron chi connectivity index (χ2n) is 4.73. The van der Waals surface area contributed by atoms with E-state index in [0.29, 0.717) is 27.6 Å². The number of phenolic OH excluding ortho intramolecular Hbond substituents is 1. The molecule has 106 valence electrons. The average Bonchev–Trinajstić information content (AvgIpc) is 2.52. The summed E-state index contributed by atoms with van der Waals surface area (Å²) in [7, 11) is 0. The molecule has 3 aromatic rings. The monoisotopic (exact) mass is 290 g/mol. The van der Waals surface area contributed by atoms with E-state index in [-0.39, 0.29) is 11.4 Å². The van der Waals surface area contributed by atoms with Crippen LogP contribution in [0.3, 0.4) is 0 Å². The quantitative estimate of drug-likeness (QED) is 0.756. The highest BCUT2D eigenvalue weighted by molar-refractivity contribution is 5.99. The minimum absolute atomic E-state index is 0.0414. The predicted molar refractivity (Wildman–Crippen MR) is 80.5 cm³/mol. The first-order chi connectivity index (χ1) is 10.6. The number of phenols is 1. The zero-order valence-electron chi connectivity index (χ0n) is 11.3. The number of carboxylic acids is 1. The van der Waals surface area contributed by atoms with Gasteiger partial charge in [0.2, 0.25) is 0 Å². The Labute approximate surface area is 125 Å². The first-order valence-electron chi connectivity index (χ1n) is 6.46. The SMILES string of the molecule is N#Cc1cccc2cc(-c3cccc(O)c3)c(C(=O)O)nc12. The van der Waals surface area contributed by atoms with Crippen LogP contribution in [-0.4, -0.2) is 21.2 Å². The third-order valence-corrected chi connectivity index (χ3v) is 3.33. The van der Waals surface area contributed by atoms with Gasteiger partial charge in [-0.2, -0.15) is 5.26 Å². The normalized spacial score (nSPS) is 10.3. The molecule has 1 aromatic heterocycles. The van der Waals surface area contributed by atoms with Crippen molar-refractivity contribution < 1.29 is 15.0 Å². The Morgan fingerprint density at radius 3 is 2.59 bits per heavy atom. The van der Waals surface area contributed by atoms with Crippen LogP contribution in [0.15, 0.2) is 48.5 Å². The van der Waals surface area contributed by atoms with E-state index < -0.39 is 5.97 Å². The minimum Gasteiger partial charge on any atom is -0.508 e. The van der Waals surface area contributed by atoms with E-state index in [1.807, 2.05) is 6.07 Å². The summed E-state index contributed by atoms with van der Waals surface area (Å²) in [6.45, 7) is 0. The number of hydrogen-bond donors (Lipinski definition) is 2. The van der Waals surface area contributed by atoms with Gasteiger partial charge in [-0.15, -0.1) is 0 Å². The van der Waals surface area contributed by atoms with E-state index in [2.05, 4.69) is 4.98 Å². The van der Waals surface area contributed by atoms with E-state index in [4.69, 9.17) is 5.26 Å². The summed E-state index contributed by atoms with van der Waals surface area (Å²) in [5, 5.41) is 28.8. The van der Waals surface area contributed by atoms with E-state index in [0.717, 1.165) is 0 Å². The van der Waals surface area contributed by atoms with Crippen LogP contribution in [0.25, 0.3) is 22.0 Å². The zero-order chi connectivity index (χ0) is 15.7. The van der Waals surface area contributed by atoms with Crippen LogP contribution in [0.1, 0.15) is 16.1 Å². The molecule has 3 rings (SSSR count). The molecule has 0 bridgehead atoms. The maximum absolute atomic E-state index is 11.5. The fourth-order valence-corrected chi connectivity index (χ4v) is 2.35. The van der Waals surface area contributed by atoms with Crippen molar-refractivity contribution in [3.05, 3.63) is 59.8 Å². The molecular weight excluding hydrogens is 280 g/mol. The highest BCUT2D eigenvalue weighted by atomic mass is 16.4. The molecule has 0 unspecified atom stereocenters. The Balaban J connectivity index is 2.37. The molecule has 0 aliphatic rings. The summed E-state index contributed by atoms with van der Waals surface area (Å²) in [4.78, 5) is 15.7. The molecule has 0 saturated carbocycles. The maximum atomic E-state index is 11.5. The highest BCUT2D eigenvalue weighted by Crippen LogP contribution is 2.29. The second-order valence-corrected chi connectivity index (χ2v) is 4.73. The van der Waals surface area contributed by atoms with Crippen LogP contribution >= 0.6 is 0 Å². The van der Waals surface area contributed by atoms with Gasteiger partial charge in [0.05, 0.1) is 11.1 Å². The third-order valence-electron chi connectivity index (χ3n) is 3.33. The van der Waals surface area contributed by atoms with Crippen molar-refractivity contribution in [2.45, 2.75) is 0 Å². The van der Waals surface area contributed by atoms with Crippen LogP contribution in [-0.2, 0) is 0 Å². The van der Waals surface area contributed by atoms with E-state index >= 15 is 0 Å². The van der Waals surface area contributed by atoms with Crippen molar-refractivity contribution in [2.24, 2.45) is 0 Å². The van der Waals surface area contributed by atoms with E-state index in [9.17, 15) is 15.0 Å². The molecule has 22 heavy (non-hydrogen) atoms. The fourth-order valence-electron chi connectivity index (χ4n) is 2.35. The van der Waals surface area contributed by atoms with Gasteiger partial charge < -0.3 is 10.2 Å². The van der Waals surface area contributed by atoms with Crippen molar-refractivity contribution in [3.63, 3.8) is 0 Å². The molecule has 0 fully saturated rings. The number of aromatic carboxylic acids is 1. The Hall–Kier alpha value is -3.39. The highest BCUT2D eigenvalue weighted by Gasteiger charge is 2.16. The first kappa shape index (κ1) is 13.6. The molecular formula is C17H10N2O3. The molecule has 5 heteroatoms. The Bertz CT molecular complexity index is 942. The van der Waals surface area contributed by atoms with Gasteiger partial charge in [0, 0.05) is 10.9 Å². The van der Waals surface area contributed by atoms with Gasteiger partial charge in [-0.3, -0.25) is 0 Å². The van der Waals surface area contributed by atoms with E-state index in [1.165, 1.54) is 12.1 Å². The van der Waals surface area contributed by atoms with Crippen molar-refractivity contribution in [3.8, 4) is 22.9 Å². The number of benzene rings is 2. The second kappa shape index (κ2) is 5.19. The molecule has 2 aromatic carbocycles. The van der Waals surface area contributed by atoms with Crippen molar-refractivity contribution >= 4 is 16.9 Å². The summed E-state index contributed by atoms with van der Waals surface area (Å²) in [5.41, 5.74) is 1.47. The van der Waals surface area contributed by atoms with Gasteiger partial charge in [0.15, 0.2) is 5.69 Å². The predicted octanol–water partition coefficient (Wildman–Crippen LogP) is 3.18. The summed E-state index contributed by atoms with van der Waals surface area (Å²) in [6.07, 6.45) is 0. The standard InChI is InChI=1S/C17H10N2O3/c18-9-12-5-1-4-11-8-14(10-3-2-6-13(20)7-10)16(17(21)22)19-15(11)12/h1-8,20H,(H,21,22). The maximum Gasteiger partial charge on any atom is 0.355 e. The average molecular weight is 290 g/mol. The topological polar surface area (TPSA) is 94.2 Å². The number of hydrogen-bond acceptors (Lipinski definition) is 4. The molecule has 0 aliphatic carbocycles. The number of aromatic hydroxyl groups is 1. The lowest BCUT2D eigenvalue weighted by Gasteiger charge is -2.09. The lowest BCUT2D eigenvalue weighted by molar-refractivity contribution is 0.0692. The molecule has 1 heterocycles. The van der Waals surface area contributed by atoms with Crippen LogP contribution in [0.5, 0.6) is 5.75 Å². The van der Waals surface area contributed by atoms with E-state index in [1.54, 1.807) is 36.4 Å². The summed E-state index contributed by atoms with van der Waals surface area (Å²) >= 11 is 0. The van der Waals surface area contributed by atoms with Crippen molar-refractivity contribution in [2.75, 3.05) is 0 Å². The molecule has 0 saturated heterocycles. The number of pyridine rings is 1. The molecule has 0 atom stereocenters. The van der Waals surface area contributed by atoms with Gasteiger partial charge in [-0.05, 0) is 29.8 Å². The lowest BCUT2D eigenvalue weighted by Crippen LogP contribution is -2.04. The first-order valence-corrected chi connectivity index (χ1v) is 6.46. The molecule has 0 spiro atoms. The molecule has 0 aliphatic heterocycles. The summed E-state index contributed by atoms with van der Waals surface area (Å²) in [5.74, 6) is -1.15. The molecule has 2 N–H and O–H groups in total. The summed E-state index contributed by atoms with van der Waals surface area (Å²) in [6, 6.07) is 15.1. The third kappa shape index (κ3) is 2.23. The number of nitriles is 1. The number of aromatic nitrogens is 1. The van der Waals surface area contributed by atoms with Crippen molar-refractivity contribution in [1.29, 1.82) is 5.26 Å². The van der Waals surface area contributed by atoms with Crippen LogP contribution in [0.2, 0.25) is 0 Å². The lowest BCUT2D eigenvalue weighted by atomic mass is 10.00. The number of fused-ring (bicyclic) bond motifs is 1. The van der Waals surface area contributed by atoms with Gasteiger partial charge in [0.1, 0.15) is 11.8 Å². The molecule has 0 amide bonds. The van der Waals surface area contributed by atoms with Crippen LogP contribution in [0.4, 0.5) is 0 Å². The molecule has 5 nitrogen and oxygen atoms in total. The smallest absolute Gasteiger partial charge is 0.355 e. The molecule has 0 radical (unpaired) electrons. The van der Waals surface area contributed by atoms with Gasteiger partial charge in [-0.25, -0.2) is 9.78 Å². The number of rotatable bonds is 2. The van der Waals surface area contributed by atoms with Crippen LogP contribution < -0.4 is 0 Å². The largest absolute Gasteiger partial charge is 0.508 e. The van der Waals surface area contributed by atoms with Crippen molar-refractivity contribution in [1.82, 2.24) is 4.98 Å². The fraction of sp³-hybridized carbons (Fsp3) is 0. The minimum atomic E-state index is -1.19. The van der Waals surface area contributed by atoms with Gasteiger partial charge in [-0.1, -0.05) is 24.3 Å².